The van der Waals surface area contributed by atoms with E-state index < -0.39 is 6.04 Å². The number of fused-ring (bicyclic) bond motifs is 4. The van der Waals surface area contributed by atoms with Crippen LogP contribution in [0, 0.1) is 19.8 Å². The van der Waals surface area contributed by atoms with Gasteiger partial charge < -0.3 is 9.47 Å². The van der Waals surface area contributed by atoms with Crippen LogP contribution < -0.4 is 0 Å². The minimum Gasteiger partial charge on any atom is -0.328 e. The molecule has 1 aliphatic rings. The quantitative estimate of drug-likeness (QED) is 0.411. The predicted octanol–water partition coefficient (Wildman–Crippen LogP) is 3.25. The fourth-order valence-electron chi connectivity index (χ4n) is 4.82. The van der Waals surface area contributed by atoms with E-state index in [1.165, 1.54) is 4.90 Å². The molecular weight excluding hydrogens is 430 g/mol. The summed E-state index contributed by atoms with van der Waals surface area (Å²) in [5.41, 5.74) is 4.65. The molecule has 4 aromatic rings. The molecule has 1 aliphatic heterocycles. The summed E-state index contributed by atoms with van der Waals surface area (Å²) < 4.78 is 3.87. The Kier molecular flexibility index (Phi) is 5.24. The predicted molar refractivity (Wildman–Crippen MR) is 129 cm³/mol. The smallest absolute Gasteiger partial charge is 0.262 e. The highest BCUT2D eigenvalue weighted by Gasteiger charge is 2.43. The van der Waals surface area contributed by atoms with Gasteiger partial charge in [-0.25, -0.2) is 14.5 Å². The number of hydrogen-bond donors (Lipinski definition) is 0. The van der Waals surface area contributed by atoms with Crippen molar-refractivity contribution in [2.75, 3.05) is 20.6 Å². The standard InChI is InChI=1S/C25H29N7O2/c1-14(2)20(32-24(33)17-9-7-8-10-18(17)25(32)34)21-27-23-19-15(3)16(4)30(12-11-29(5)6)22(19)26-13-31(23)28-21/h7-10,13-14,20H,11-12H2,1-6H3/t20-/m0/s1. The van der Waals surface area contributed by atoms with Crippen LogP contribution in [0.2, 0.25) is 0 Å². The van der Waals surface area contributed by atoms with Crippen LogP contribution in [0.4, 0.5) is 0 Å². The average Bonchev–Trinajstić information content (AvgIpc) is 3.40. The first-order chi connectivity index (χ1) is 16.2. The molecule has 0 spiro atoms. The van der Waals surface area contributed by atoms with Crippen molar-refractivity contribution < 1.29 is 9.59 Å². The molecule has 0 fully saturated rings. The Balaban J connectivity index is 1.64. The number of benzene rings is 1. The summed E-state index contributed by atoms with van der Waals surface area (Å²) in [7, 11) is 4.10. The Morgan fingerprint density at radius 3 is 2.24 bits per heavy atom. The molecule has 0 N–H and O–H groups in total. The van der Waals surface area contributed by atoms with E-state index in [4.69, 9.17) is 15.1 Å². The Morgan fingerprint density at radius 2 is 1.65 bits per heavy atom. The molecule has 9 heteroatoms. The van der Waals surface area contributed by atoms with E-state index in [1.54, 1.807) is 35.1 Å². The summed E-state index contributed by atoms with van der Waals surface area (Å²) in [4.78, 5) is 39.5. The summed E-state index contributed by atoms with van der Waals surface area (Å²) in [6, 6.07) is 6.35. The molecule has 9 nitrogen and oxygen atoms in total. The molecule has 0 bridgehead atoms. The maximum Gasteiger partial charge on any atom is 0.262 e. The second kappa shape index (κ2) is 8.02. The zero-order chi connectivity index (χ0) is 24.3. The number of aryl methyl sites for hydroxylation is 1. The van der Waals surface area contributed by atoms with Gasteiger partial charge in [0, 0.05) is 18.8 Å². The van der Waals surface area contributed by atoms with Crippen LogP contribution in [-0.4, -0.2) is 66.4 Å². The van der Waals surface area contributed by atoms with E-state index in [9.17, 15) is 9.59 Å². The third kappa shape index (κ3) is 3.22. The topological polar surface area (TPSA) is 88.6 Å². The first kappa shape index (κ1) is 22.2. The molecule has 5 rings (SSSR count). The number of carbonyl (C=O) groups excluding carboxylic acids is 2. The minimum absolute atomic E-state index is 0.0735. The molecule has 0 radical (unpaired) electrons. The van der Waals surface area contributed by atoms with E-state index in [1.807, 2.05) is 13.8 Å². The molecule has 1 aromatic carbocycles. The lowest BCUT2D eigenvalue weighted by molar-refractivity contribution is 0.0529. The molecule has 0 unspecified atom stereocenters. The van der Waals surface area contributed by atoms with E-state index in [0.717, 1.165) is 35.4 Å². The Hall–Kier alpha value is -3.59. The van der Waals surface area contributed by atoms with E-state index in [2.05, 4.69) is 37.4 Å². The van der Waals surface area contributed by atoms with Crippen molar-refractivity contribution in [3.05, 3.63) is 58.8 Å². The van der Waals surface area contributed by atoms with Crippen LogP contribution >= 0.6 is 0 Å². The summed E-state index contributed by atoms with van der Waals surface area (Å²) in [5.74, 6) is -0.237. The van der Waals surface area contributed by atoms with Crippen molar-refractivity contribution in [1.82, 2.24) is 33.9 Å². The lowest BCUT2D eigenvalue weighted by atomic mass is 10.0. The van der Waals surface area contributed by atoms with E-state index >= 15 is 0 Å². The van der Waals surface area contributed by atoms with Gasteiger partial charge in [0.25, 0.3) is 11.8 Å². The van der Waals surface area contributed by atoms with Gasteiger partial charge in [-0.1, -0.05) is 26.0 Å². The number of carbonyl (C=O) groups is 2. The number of hydrogen-bond acceptors (Lipinski definition) is 6. The lowest BCUT2D eigenvalue weighted by Gasteiger charge is -2.26. The molecule has 0 saturated carbocycles. The zero-order valence-electron chi connectivity index (χ0n) is 20.4. The van der Waals surface area contributed by atoms with Gasteiger partial charge >= 0.3 is 0 Å². The molecule has 4 heterocycles. The number of rotatable bonds is 6. The maximum atomic E-state index is 13.2. The fraction of sp³-hybridized carbons (Fsp3) is 0.400. The molecule has 2 amide bonds. The first-order valence-corrected chi connectivity index (χ1v) is 11.5. The van der Waals surface area contributed by atoms with Crippen LogP contribution in [0.5, 0.6) is 0 Å². The number of amides is 2. The third-order valence-corrected chi connectivity index (χ3v) is 6.73. The van der Waals surface area contributed by atoms with E-state index in [0.29, 0.717) is 22.6 Å². The van der Waals surface area contributed by atoms with Gasteiger partial charge in [0.2, 0.25) is 0 Å². The van der Waals surface area contributed by atoms with Crippen molar-refractivity contribution in [3.63, 3.8) is 0 Å². The molecule has 3 aromatic heterocycles. The van der Waals surface area contributed by atoms with Gasteiger partial charge in [-0.3, -0.25) is 14.5 Å². The summed E-state index contributed by atoms with van der Waals surface area (Å²) >= 11 is 0. The highest BCUT2D eigenvalue weighted by molar-refractivity contribution is 6.21. The minimum atomic E-state index is -0.584. The van der Waals surface area contributed by atoms with Crippen molar-refractivity contribution in [2.24, 2.45) is 5.92 Å². The van der Waals surface area contributed by atoms with Crippen LogP contribution in [0.25, 0.3) is 16.7 Å². The summed E-state index contributed by atoms with van der Waals surface area (Å²) in [6.07, 6.45) is 1.67. The molecule has 176 valence electrons. The van der Waals surface area contributed by atoms with Crippen LogP contribution in [-0.2, 0) is 6.54 Å². The van der Waals surface area contributed by atoms with Crippen LogP contribution in [0.3, 0.4) is 0 Å². The Bertz CT molecular complexity index is 1410. The number of imide groups is 1. The van der Waals surface area contributed by atoms with Crippen molar-refractivity contribution in [2.45, 2.75) is 40.3 Å². The van der Waals surface area contributed by atoms with Gasteiger partial charge in [0.1, 0.15) is 18.0 Å². The lowest BCUT2D eigenvalue weighted by Crippen LogP contribution is -2.37. The largest absolute Gasteiger partial charge is 0.328 e. The molecule has 34 heavy (non-hydrogen) atoms. The summed E-state index contributed by atoms with van der Waals surface area (Å²) in [5, 5.41) is 5.64. The van der Waals surface area contributed by atoms with Crippen LogP contribution in [0.15, 0.2) is 30.6 Å². The third-order valence-electron chi connectivity index (χ3n) is 6.73. The fourth-order valence-corrected chi connectivity index (χ4v) is 4.82. The van der Waals surface area contributed by atoms with Gasteiger partial charge in [-0.05, 0) is 51.6 Å². The molecular formula is C25H29N7O2. The second-order valence-electron chi connectivity index (χ2n) is 9.56. The van der Waals surface area contributed by atoms with Gasteiger partial charge in [0.15, 0.2) is 11.5 Å². The van der Waals surface area contributed by atoms with Crippen molar-refractivity contribution in [1.29, 1.82) is 0 Å². The Morgan fingerprint density at radius 1 is 1.00 bits per heavy atom. The van der Waals surface area contributed by atoms with Crippen LogP contribution in [0.1, 0.15) is 57.7 Å². The molecule has 0 aliphatic carbocycles. The van der Waals surface area contributed by atoms with E-state index in [-0.39, 0.29) is 17.7 Å². The number of aromatic nitrogens is 5. The monoisotopic (exact) mass is 459 g/mol. The highest BCUT2D eigenvalue weighted by atomic mass is 16.2. The van der Waals surface area contributed by atoms with Crippen molar-refractivity contribution >= 4 is 28.5 Å². The second-order valence-corrected chi connectivity index (χ2v) is 9.56. The van der Waals surface area contributed by atoms with Gasteiger partial charge in [0.05, 0.1) is 16.5 Å². The zero-order valence-corrected chi connectivity index (χ0v) is 20.4. The van der Waals surface area contributed by atoms with Gasteiger partial charge in [-0.15, -0.1) is 5.10 Å². The maximum absolute atomic E-state index is 13.2. The van der Waals surface area contributed by atoms with Crippen molar-refractivity contribution in [3.8, 4) is 0 Å². The Labute approximate surface area is 198 Å². The number of nitrogens with zero attached hydrogens (tertiary/aromatic N) is 7. The van der Waals surface area contributed by atoms with Gasteiger partial charge in [-0.2, -0.15) is 0 Å². The first-order valence-electron chi connectivity index (χ1n) is 11.5. The molecule has 1 atom stereocenters. The summed E-state index contributed by atoms with van der Waals surface area (Å²) in [6.45, 7) is 9.82. The molecule has 0 saturated heterocycles. The SMILES string of the molecule is Cc1c(C)n(CCN(C)C)c2ncn3nc([C@H](C(C)C)N4C(=O)c5ccccc5C4=O)nc3c12. The average molecular weight is 460 g/mol. The normalized spacial score (nSPS) is 14.9. The number of likely N-dealkylation sites (N-methyl/N-ethyl adjacent to an activating group) is 1. The highest BCUT2D eigenvalue weighted by Crippen LogP contribution is 2.35.